The maximum atomic E-state index is 12.1. The normalized spacial score (nSPS) is 11.5. The lowest BCUT2D eigenvalue weighted by molar-refractivity contribution is 0.249. The fraction of sp³-hybridized carbons (Fsp3) is 0.250. The van der Waals surface area contributed by atoms with Crippen LogP contribution in [0.5, 0.6) is 5.75 Å². The van der Waals surface area contributed by atoms with Gasteiger partial charge in [0.15, 0.2) is 0 Å². The van der Waals surface area contributed by atoms with Crippen LogP contribution in [0.25, 0.3) is 0 Å². The number of nitrogens with zero attached hydrogens (tertiary/aromatic N) is 1. The van der Waals surface area contributed by atoms with Gasteiger partial charge in [-0.3, -0.25) is 4.98 Å². The van der Waals surface area contributed by atoms with Crippen LogP contribution in [-0.2, 0) is 0 Å². The molecule has 1 aromatic heterocycles. The van der Waals surface area contributed by atoms with E-state index in [0.717, 1.165) is 5.56 Å². The van der Waals surface area contributed by atoms with E-state index < -0.39 is 0 Å². The number of ether oxygens (including phenoxy) is 1. The molecule has 2 aromatic rings. The lowest BCUT2D eigenvalue weighted by Gasteiger charge is -2.16. The Balaban J connectivity index is 1.99. The van der Waals surface area contributed by atoms with Crippen molar-refractivity contribution < 1.29 is 9.53 Å². The Labute approximate surface area is 124 Å². The highest BCUT2D eigenvalue weighted by Gasteiger charge is 2.11. The first-order valence-corrected chi connectivity index (χ1v) is 6.90. The van der Waals surface area contributed by atoms with E-state index in [1.165, 1.54) is 0 Å². The molecule has 5 nitrogen and oxygen atoms in total. The summed E-state index contributed by atoms with van der Waals surface area (Å²) in [5, 5.41) is 5.67. The molecule has 5 heteroatoms. The molecular formula is C16H19N3O2. The van der Waals surface area contributed by atoms with Crippen molar-refractivity contribution >= 4 is 11.7 Å². The zero-order chi connectivity index (χ0) is 15.1. The van der Waals surface area contributed by atoms with Gasteiger partial charge in [0, 0.05) is 12.4 Å². The van der Waals surface area contributed by atoms with E-state index >= 15 is 0 Å². The van der Waals surface area contributed by atoms with Gasteiger partial charge in [-0.05, 0) is 37.6 Å². The number of hydrogen-bond donors (Lipinski definition) is 2. The minimum Gasteiger partial charge on any atom is -0.492 e. The second-order valence-electron chi connectivity index (χ2n) is 4.54. The molecule has 0 radical (unpaired) electrons. The summed E-state index contributed by atoms with van der Waals surface area (Å²) in [6, 6.07) is 10.7. The van der Waals surface area contributed by atoms with E-state index in [0.29, 0.717) is 18.0 Å². The van der Waals surface area contributed by atoms with Crippen LogP contribution in [0.2, 0.25) is 0 Å². The standard InChI is InChI=1S/C16H19N3O2/c1-3-21-15-9-5-4-8-14(15)19-16(20)18-12(2)13-7-6-10-17-11-13/h4-12H,3H2,1-2H3,(H2,18,19,20). The van der Waals surface area contributed by atoms with Crippen molar-refractivity contribution in [2.75, 3.05) is 11.9 Å². The molecule has 1 atom stereocenters. The van der Waals surface area contributed by atoms with E-state index in [4.69, 9.17) is 4.74 Å². The van der Waals surface area contributed by atoms with Gasteiger partial charge in [0.2, 0.25) is 0 Å². The number of hydrogen-bond acceptors (Lipinski definition) is 3. The molecule has 1 unspecified atom stereocenters. The van der Waals surface area contributed by atoms with Gasteiger partial charge in [-0.2, -0.15) is 0 Å². The summed E-state index contributed by atoms with van der Waals surface area (Å²) >= 11 is 0. The van der Waals surface area contributed by atoms with Gasteiger partial charge >= 0.3 is 6.03 Å². The number of urea groups is 1. The Bertz CT molecular complexity index is 587. The number of pyridine rings is 1. The Morgan fingerprint density at radius 1 is 1.29 bits per heavy atom. The quantitative estimate of drug-likeness (QED) is 0.885. The Morgan fingerprint density at radius 2 is 2.10 bits per heavy atom. The molecule has 1 aromatic carbocycles. The largest absolute Gasteiger partial charge is 0.492 e. The minimum absolute atomic E-state index is 0.127. The molecule has 110 valence electrons. The van der Waals surface area contributed by atoms with Crippen LogP contribution in [0.4, 0.5) is 10.5 Å². The van der Waals surface area contributed by atoms with Gasteiger partial charge in [0.1, 0.15) is 5.75 Å². The molecular weight excluding hydrogens is 266 g/mol. The van der Waals surface area contributed by atoms with Crippen LogP contribution < -0.4 is 15.4 Å². The molecule has 0 spiro atoms. The highest BCUT2D eigenvalue weighted by molar-refractivity contribution is 5.91. The third kappa shape index (κ3) is 4.21. The number of carbonyl (C=O) groups is 1. The van der Waals surface area contributed by atoms with Crippen molar-refractivity contribution in [3.63, 3.8) is 0 Å². The maximum Gasteiger partial charge on any atom is 0.319 e. The summed E-state index contributed by atoms with van der Waals surface area (Å²) in [6.45, 7) is 4.36. The summed E-state index contributed by atoms with van der Waals surface area (Å²) in [6.07, 6.45) is 3.44. The number of anilines is 1. The number of rotatable bonds is 5. The smallest absolute Gasteiger partial charge is 0.319 e. The third-order valence-electron chi connectivity index (χ3n) is 2.97. The SMILES string of the molecule is CCOc1ccccc1NC(=O)NC(C)c1cccnc1. The predicted molar refractivity (Wildman–Crippen MR) is 82.4 cm³/mol. The molecule has 0 aliphatic heterocycles. The summed E-state index contributed by atoms with van der Waals surface area (Å²) in [5.41, 5.74) is 1.60. The van der Waals surface area contributed by atoms with Crippen molar-refractivity contribution in [1.29, 1.82) is 0 Å². The van der Waals surface area contributed by atoms with Crippen molar-refractivity contribution in [2.24, 2.45) is 0 Å². The van der Waals surface area contributed by atoms with Gasteiger partial charge in [0.25, 0.3) is 0 Å². The topological polar surface area (TPSA) is 63.2 Å². The van der Waals surface area contributed by atoms with E-state index in [2.05, 4.69) is 15.6 Å². The van der Waals surface area contributed by atoms with Crippen molar-refractivity contribution in [2.45, 2.75) is 19.9 Å². The van der Waals surface area contributed by atoms with E-state index in [1.807, 2.05) is 44.2 Å². The maximum absolute atomic E-state index is 12.1. The van der Waals surface area contributed by atoms with Crippen LogP contribution in [0.1, 0.15) is 25.5 Å². The highest BCUT2D eigenvalue weighted by atomic mass is 16.5. The van der Waals surface area contributed by atoms with E-state index in [-0.39, 0.29) is 12.1 Å². The average Bonchev–Trinajstić information content (AvgIpc) is 2.50. The summed E-state index contributed by atoms with van der Waals surface area (Å²) in [5.74, 6) is 0.657. The molecule has 0 saturated carbocycles. The molecule has 0 aliphatic rings. The van der Waals surface area contributed by atoms with Gasteiger partial charge < -0.3 is 15.4 Å². The molecule has 0 bridgehead atoms. The molecule has 2 amide bonds. The average molecular weight is 285 g/mol. The number of benzene rings is 1. The number of amides is 2. The zero-order valence-corrected chi connectivity index (χ0v) is 12.2. The van der Waals surface area contributed by atoms with Gasteiger partial charge in [0.05, 0.1) is 18.3 Å². The Morgan fingerprint density at radius 3 is 2.81 bits per heavy atom. The molecule has 1 heterocycles. The van der Waals surface area contributed by atoms with Crippen LogP contribution >= 0.6 is 0 Å². The molecule has 21 heavy (non-hydrogen) atoms. The van der Waals surface area contributed by atoms with Gasteiger partial charge in [-0.1, -0.05) is 18.2 Å². The monoisotopic (exact) mass is 285 g/mol. The first-order valence-electron chi connectivity index (χ1n) is 6.90. The first-order chi connectivity index (χ1) is 10.2. The fourth-order valence-electron chi connectivity index (χ4n) is 1.92. The second kappa shape index (κ2) is 7.28. The first kappa shape index (κ1) is 14.8. The number of aromatic nitrogens is 1. The zero-order valence-electron chi connectivity index (χ0n) is 12.2. The number of carbonyl (C=O) groups excluding carboxylic acids is 1. The fourth-order valence-corrected chi connectivity index (χ4v) is 1.92. The molecule has 2 rings (SSSR count). The second-order valence-corrected chi connectivity index (χ2v) is 4.54. The highest BCUT2D eigenvalue weighted by Crippen LogP contribution is 2.23. The van der Waals surface area contributed by atoms with E-state index in [1.54, 1.807) is 18.5 Å². The summed E-state index contributed by atoms with van der Waals surface area (Å²) in [7, 11) is 0. The number of nitrogens with one attached hydrogen (secondary N) is 2. The Hall–Kier alpha value is -2.56. The van der Waals surface area contributed by atoms with Crippen molar-refractivity contribution in [1.82, 2.24) is 10.3 Å². The van der Waals surface area contributed by atoms with Crippen LogP contribution in [0, 0.1) is 0 Å². The lowest BCUT2D eigenvalue weighted by atomic mass is 10.1. The molecule has 0 saturated heterocycles. The van der Waals surface area contributed by atoms with Gasteiger partial charge in [-0.25, -0.2) is 4.79 Å². The van der Waals surface area contributed by atoms with Crippen molar-refractivity contribution in [3.05, 3.63) is 54.4 Å². The van der Waals surface area contributed by atoms with Gasteiger partial charge in [-0.15, -0.1) is 0 Å². The van der Waals surface area contributed by atoms with E-state index in [9.17, 15) is 4.79 Å². The summed E-state index contributed by atoms with van der Waals surface area (Å²) < 4.78 is 5.47. The summed E-state index contributed by atoms with van der Waals surface area (Å²) in [4.78, 5) is 16.1. The third-order valence-corrected chi connectivity index (χ3v) is 2.97. The molecule has 0 aliphatic carbocycles. The molecule has 0 fully saturated rings. The van der Waals surface area contributed by atoms with Crippen LogP contribution in [-0.4, -0.2) is 17.6 Å². The van der Waals surface area contributed by atoms with Crippen LogP contribution in [0.15, 0.2) is 48.8 Å². The van der Waals surface area contributed by atoms with Crippen molar-refractivity contribution in [3.8, 4) is 5.75 Å². The predicted octanol–water partition coefficient (Wildman–Crippen LogP) is 3.36. The Kier molecular flexibility index (Phi) is 5.15. The molecule has 2 N–H and O–H groups in total. The minimum atomic E-state index is -0.279. The van der Waals surface area contributed by atoms with Crippen LogP contribution in [0.3, 0.4) is 0 Å². The lowest BCUT2D eigenvalue weighted by Crippen LogP contribution is -2.31. The number of para-hydroxylation sites is 2.